The van der Waals surface area contributed by atoms with Crippen molar-refractivity contribution >= 4 is 21.9 Å². The van der Waals surface area contributed by atoms with Gasteiger partial charge in [0.25, 0.3) is 5.56 Å². The SMILES string of the molecule is Nc1nc(O)c(-c2ccccc2Br)c(=O)[nH]1. The molecule has 0 fully saturated rings. The van der Waals surface area contributed by atoms with Crippen LogP contribution in [0.2, 0.25) is 0 Å². The second-order valence-electron chi connectivity index (χ2n) is 3.13. The van der Waals surface area contributed by atoms with Crippen LogP contribution in [0.25, 0.3) is 11.1 Å². The van der Waals surface area contributed by atoms with Crippen LogP contribution < -0.4 is 11.3 Å². The second-order valence-corrected chi connectivity index (χ2v) is 3.98. The zero-order valence-electron chi connectivity index (χ0n) is 8.07. The number of hydrogen-bond donors (Lipinski definition) is 3. The van der Waals surface area contributed by atoms with E-state index >= 15 is 0 Å². The summed E-state index contributed by atoms with van der Waals surface area (Å²) in [4.78, 5) is 17.6. The third-order valence-electron chi connectivity index (χ3n) is 2.06. The van der Waals surface area contributed by atoms with Crippen LogP contribution in [0.3, 0.4) is 0 Å². The van der Waals surface area contributed by atoms with Gasteiger partial charge in [-0.05, 0) is 6.07 Å². The molecule has 0 amide bonds. The lowest BCUT2D eigenvalue weighted by Gasteiger charge is -2.05. The normalized spacial score (nSPS) is 10.3. The van der Waals surface area contributed by atoms with Crippen LogP contribution in [0.1, 0.15) is 0 Å². The highest BCUT2D eigenvalue weighted by atomic mass is 79.9. The predicted octanol–water partition coefficient (Wildman–Crippen LogP) is 1.49. The first-order valence-electron chi connectivity index (χ1n) is 4.43. The van der Waals surface area contributed by atoms with E-state index in [0.717, 1.165) is 0 Å². The fourth-order valence-corrected chi connectivity index (χ4v) is 1.87. The Balaban J connectivity index is 2.75. The molecule has 4 N–H and O–H groups in total. The van der Waals surface area contributed by atoms with Crippen LogP contribution in [0, 0.1) is 0 Å². The van der Waals surface area contributed by atoms with E-state index in [9.17, 15) is 9.90 Å². The summed E-state index contributed by atoms with van der Waals surface area (Å²) in [5.74, 6) is -0.494. The van der Waals surface area contributed by atoms with Gasteiger partial charge in [0.05, 0.1) is 0 Å². The van der Waals surface area contributed by atoms with Gasteiger partial charge in [0.15, 0.2) is 0 Å². The molecule has 2 aromatic rings. The highest BCUT2D eigenvalue weighted by Crippen LogP contribution is 2.30. The van der Waals surface area contributed by atoms with Gasteiger partial charge in [-0.25, -0.2) is 0 Å². The molecule has 0 bridgehead atoms. The first-order valence-corrected chi connectivity index (χ1v) is 5.22. The minimum atomic E-state index is -0.475. The monoisotopic (exact) mass is 281 g/mol. The van der Waals surface area contributed by atoms with Crippen molar-refractivity contribution in [3.8, 4) is 17.0 Å². The Morgan fingerprint density at radius 3 is 2.69 bits per heavy atom. The largest absolute Gasteiger partial charge is 0.493 e. The molecule has 0 atom stereocenters. The van der Waals surface area contributed by atoms with Crippen LogP contribution in [0.4, 0.5) is 5.95 Å². The first-order chi connectivity index (χ1) is 7.59. The quantitative estimate of drug-likeness (QED) is 0.738. The third-order valence-corrected chi connectivity index (χ3v) is 2.75. The molecular formula is C10H8BrN3O2. The molecule has 16 heavy (non-hydrogen) atoms. The van der Waals surface area contributed by atoms with Gasteiger partial charge in [-0.2, -0.15) is 4.98 Å². The molecule has 0 spiro atoms. The summed E-state index contributed by atoms with van der Waals surface area (Å²) < 4.78 is 0.697. The molecule has 82 valence electrons. The molecule has 1 aromatic carbocycles. The van der Waals surface area contributed by atoms with E-state index in [0.29, 0.717) is 10.0 Å². The van der Waals surface area contributed by atoms with Crippen molar-refractivity contribution in [2.75, 3.05) is 5.73 Å². The van der Waals surface area contributed by atoms with E-state index in [1.807, 2.05) is 6.07 Å². The lowest BCUT2D eigenvalue weighted by Crippen LogP contribution is -2.13. The zero-order chi connectivity index (χ0) is 11.7. The van der Waals surface area contributed by atoms with Crippen molar-refractivity contribution in [1.82, 2.24) is 9.97 Å². The highest BCUT2D eigenvalue weighted by Gasteiger charge is 2.14. The maximum atomic E-state index is 11.7. The second kappa shape index (κ2) is 3.97. The van der Waals surface area contributed by atoms with Crippen LogP contribution in [-0.4, -0.2) is 15.1 Å². The molecule has 0 saturated carbocycles. The number of nitrogen functional groups attached to an aromatic ring is 1. The van der Waals surface area contributed by atoms with Crippen molar-refractivity contribution < 1.29 is 5.11 Å². The van der Waals surface area contributed by atoms with E-state index in [1.165, 1.54) is 0 Å². The lowest BCUT2D eigenvalue weighted by molar-refractivity contribution is 0.454. The number of nitrogens with one attached hydrogen (secondary N) is 1. The van der Waals surface area contributed by atoms with Crippen LogP contribution in [0.15, 0.2) is 33.5 Å². The fourth-order valence-electron chi connectivity index (χ4n) is 1.39. The average molecular weight is 282 g/mol. The van der Waals surface area contributed by atoms with E-state index in [1.54, 1.807) is 18.2 Å². The number of aromatic hydroxyl groups is 1. The Hall–Kier alpha value is -1.82. The Morgan fingerprint density at radius 1 is 1.38 bits per heavy atom. The Morgan fingerprint density at radius 2 is 2.06 bits per heavy atom. The average Bonchev–Trinajstić information content (AvgIpc) is 2.19. The van der Waals surface area contributed by atoms with Gasteiger partial charge < -0.3 is 10.8 Å². The smallest absolute Gasteiger partial charge is 0.264 e. The molecule has 1 heterocycles. The predicted molar refractivity (Wildman–Crippen MR) is 64.1 cm³/mol. The number of benzene rings is 1. The summed E-state index contributed by atoms with van der Waals surface area (Å²) in [7, 11) is 0. The van der Waals surface area contributed by atoms with Gasteiger partial charge in [-0.1, -0.05) is 34.1 Å². The molecule has 0 aliphatic heterocycles. The lowest BCUT2D eigenvalue weighted by atomic mass is 10.1. The molecular weight excluding hydrogens is 274 g/mol. The first kappa shape index (κ1) is 10.7. The van der Waals surface area contributed by atoms with E-state index in [-0.39, 0.29) is 17.4 Å². The molecule has 0 aliphatic rings. The maximum absolute atomic E-state index is 11.7. The Bertz CT molecular complexity index is 595. The molecule has 0 radical (unpaired) electrons. The Kier molecular flexibility index (Phi) is 2.66. The van der Waals surface area contributed by atoms with Crippen molar-refractivity contribution in [1.29, 1.82) is 0 Å². The van der Waals surface area contributed by atoms with Crippen LogP contribution in [-0.2, 0) is 0 Å². The van der Waals surface area contributed by atoms with Crippen LogP contribution >= 0.6 is 15.9 Å². The number of aromatic nitrogens is 2. The summed E-state index contributed by atoms with van der Waals surface area (Å²) in [6.45, 7) is 0. The summed E-state index contributed by atoms with van der Waals surface area (Å²) in [5, 5.41) is 9.62. The molecule has 0 unspecified atom stereocenters. The van der Waals surface area contributed by atoms with Gasteiger partial charge in [-0.3, -0.25) is 9.78 Å². The third kappa shape index (κ3) is 1.79. The molecule has 1 aromatic heterocycles. The number of anilines is 1. The zero-order valence-corrected chi connectivity index (χ0v) is 9.65. The van der Waals surface area contributed by atoms with Crippen molar-refractivity contribution in [3.63, 3.8) is 0 Å². The summed E-state index contributed by atoms with van der Waals surface area (Å²) in [6.07, 6.45) is 0. The summed E-state index contributed by atoms with van der Waals surface area (Å²) >= 11 is 3.30. The minimum absolute atomic E-state index is 0.0988. The number of nitrogens with two attached hydrogens (primary N) is 1. The molecule has 0 saturated heterocycles. The molecule has 2 rings (SSSR count). The molecule has 0 aliphatic carbocycles. The minimum Gasteiger partial charge on any atom is -0.493 e. The molecule has 5 nitrogen and oxygen atoms in total. The van der Waals surface area contributed by atoms with Gasteiger partial charge in [-0.15, -0.1) is 0 Å². The van der Waals surface area contributed by atoms with Gasteiger partial charge >= 0.3 is 0 Å². The van der Waals surface area contributed by atoms with Crippen molar-refractivity contribution in [3.05, 3.63) is 39.1 Å². The number of aromatic amines is 1. The van der Waals surface area contributed by atoms with Crippen LogP contribution in [0.5, 0.6) is 5.88 Å². The van der Waals surface area contributed by atoms with Crippen molar-refractivity contribution in [2.24, 2.45) is 0 Å². The topological polar surface area (TPSA) is 92.0 Å². The number of rotatable bonds is 1. The number of hydrogen-bond acceptors (Lipinski definition) is 4. The van der Waals surface area contributed by atoms with E-state index < -0.39 is 5.56 Å². The number of halogens is 1. The summed E-state index contributed by atoms with van der Waals surface area (Å²) in [5.41, 5.74) is 5.49. The van der Waals surface area contributed by atoms with E-state index in [2.05, 4.69) is 25.9 Å². The van der Waals surface area contributed by atoms with Gasteiger partial charge in [0.1, 0.15) is 5.56 Å². The van der Waals surface area contributed by atoms with Gasteiger partial charge in [0, 0.05) is 10.0 Å². The molecule has 6 heteroatoms. The van der Waals surface area contributed by atoms with Gasteiger partial charge in [0.2, 0.25) is 11.8 Å². The fraction of sp³-hybridized carbons (Fsp3) is 0. The summed E-state index contributed by atoms with van der Waals surface area (Å²) in [6, 6.07) is 7.04. The van der Waals surface area contributed by atoms with Crippen molar-refractivity contribution in [2.45, 2.75) is 0 Å². The number of nitrogens with zero attached hydrogens (tertiary/aromatic N) is 1. The Labute approximate surface area is 99.1 Å². The standard InChI is InChI=1S/C10H8BrN3O2/c11-6-4-2-1-3-5(6)7-8(15)13-10(12)14-9(7)16/h1-4H,(H4,12,13,14,15,16). The van der Waals surface area contributed by atoms with E-state index in [4.69, 9.17) is 5.73 Å². The maximum Gasteiger partial charge on any atom is 0.264 e. The highest BCUT2D eigenvalue weighted by molar-refractivity contribution is 9.10. The number of H-pyrrole nitrogens is 1.